The van der Waals surface area contributed by atoms with E-state index in [1.165, 1.54) is 6.07 Å². The molecule has 2 heterocycles. The lowest BCUT2D eigenvalue weighted by molar-refractivity contribution is -0.115. The van der Waals surface area contributed by atoms with Crippen molar-refractivity contribution in [2.45, 2.75) is 37.9 Å². The zero-order chi connectivity index (χ0) is 20.5. The van der Waals surface area contributed by atoms with Crippen LogP contribution in [0.5, 0.6) is 5.75 Å². The Morgan fingerprint density at radius 3 is 2.59 bits per heavy atom. The first-order valence-corrected chi connectivity index (χ1v) is 10.4. The van der Waals surface area contributed by atoms with E-state index in [1.54, 1.807) is 18.0 Å². The smallest absolute Gasteiger partial charge is 0.320 e. The van der Waals surface area contributed by atoms with Crippen molar-refractivity contribution >= 4 is 35.2 Å². The number of fused-ring (bicyclic) bond motifs is 1. The highest BCUT2D eigenvalue weighted by molar-refractivity contribution is 6.36. The van der Waals surface area contributed by atoms with Gasteiger partial charge in [0.05, 0.1) is 35.1 Å². The Balaban J connectivity index is 1.51. The summed E-state index contributed by atoms with van der Waals surface area (Å²) in [6.45, 7) is 0.768. The molecule has 1 aromatic heterocycles. The lowest BCUT2D eigenvalue weighted by Crippen LogP contribution is -2.69. The molecule has 0 spiro atoms. The molecule has 2 bridgehead atoms. The molecular weight excluding hydrogens is 413 g/mol. The summed E-state index contributed by atoms with van der Waals surface area (Å²) in [6, 6.07) is 3.01. The zero-order valence-corrected chi connectivity index (χ0v) is 17.7. The second kappa shape index (κ2) is 6.37. The molecule has 1 aliphatic heterocycles. The van der Waals surface area contributed by atoms with Gasteiger partial charge in [0.25, 0.3) is 0 Å². The number of hydrogen-bond donors (Lipinski definition) is 2. The maximum Gasteiger partial charge on any atom is 0.320 e. The van der Waals surface area contributed by atoms with Gasteiger partial charge in [0, 0.05) is 30.2 Å². The number of benzene rings is 1. The number of phenolic OH excluding ortho intramolecular Hbond substituents is 1. The van der Waals surface area contributed by atoms with Crippen molar-refractivity contribution in [2.24, 2.45) is 5.92 Å². The number of carbonyl (C=O) groups is 1. The molecule has 3 fully saturated rings. The third-order valence-electron chi connectivity index (χ3n) is 6.55. The standard InChI is InChI=1S/C20H21Cl2N5O2/c1-23-18-24-14-9-27(19(29)26(2)20-5-10(6-20)7-20)8-12(14)17(25-18)16-13(22)3-11(21)4-15(16)28/h3-4,10,28H,5-9H2,1-2H3,(H,23,24,25). The topological polar surface area (TPSA) is 81.6 Å². The molecule has 0 atom stereocenters. The molecule has 2 aromatic rings. The van der Waals surface area contributed by atoms with Gasteiger partial charge < -0.3 is 20.2 Å². The fraction of sp³-hybridized carbons (Fsp3) is 0.450. The molecule has 9 heteroatoms. The largest absolute Gasteiger partial charge is 0.507 e. The van der Waals surface area contributed by atoms with Crippen molar-refractivity contribution in [1.29, 1.82) is 0 Å². The third kappa shape index (κ3) is 2.74. The predicted octanol–water partition coefficient (Wildman–Crippen LogP) is 4.12. The predicted molar refractivity (Wildman–Crippen MR) is 111 cm³/mol. The minimum Gasteiger partial charge on any atom is -0.507 e. The third-order valence-corrected chi connectivity index (χ3v) is 7.07. The number of carbonyl (C=O) groups excluding carboxylic acids is 1. The number of hydrogen-bond acceptors (Lipinski definition) is 5. The van der Waals surface area contributed by atoms with Gasteiger partial charge in [0.2, 0.25) is 5.95 Å². The number of nitrogens with zero attached hydrogens (tertiary/aromatic N) is 4. The number of nitrogens with one attached hydrogen (secondary N) is 1. The van der Waals surface area contributed by atoms with Crippen LogP contribution >= 0.6 is 23.2 Å². The van der Waals surface area contributed by atoms with Gasteiger partial charge in [-0.3, -0.25) is 0 Å². The molecule has 152 valence electrons. The van der Waals surface area contributed by atoms with Gasteiger partial charge in [0.1, 0.15) is 5.75 Å². The first-order valence-electron chi connectivity index (χ1n) is 9.60. The summed E-state index contributed by atoms with van der Waals surface area (Å²) in [5.74, 6) is 1.15. The van der Waals surface area contributed by atoms with Gasteiger partial charge in [-0.2, -0.15) is 0 Å². The van der Waals surface area contributed by atoms with Crippen LogP contribution in [-0.4, -0.2) is 50.5 Å². The van der Waals surface area contributed by atoms with Crippen LogP contribution in [0.4, 0.5) is 10.7 Å². The second-order valence-electron chi connectivity index (χ2n) is 8.25. The number of aromatic nitrogens is 2. The van der Waals surface area contributed by atoms with Crippen molar-refractivity contribution in [2.75, 3.05) is 19.4 Å². The average molecular weight is 434 g/mol. The van der Waals surface area contributed by atoms with Crippen LogP contribution in [-0.2, 0) is 13.1 Å². The van der Waals surface area contributed by atoms with Gasteiger partial charge in [-0.05, 0) is 37.3 Å². The van der Waals surface area contributed by atoms with Crippen molar-refractivity contribution in [1.82, 2.24) is 19.8 Å². The van der Waals surface area contributed by atoms with Crippen LogP contribution in [0.3, 0.4) is 0 Å². The summed E-state index contributed by atoms with van der Waals surface area (Å²) in [5, 5.41) is 14.1. The Hall–Kier alpha value is -2.25. The maximum atomic E-state index is 13.2. The Bertz CT molecular complexity index is 1000. The summed E-state index contributed by atoms with van der Waals surface area (Å²) in [6.07, 6.45) is 3.33. The van der Waals surface area contributed by atoms with Gasteiger partial charge in [-0.15, -0.1) is 0 Å². The summed E-state index contributed by atoms with van der Waals surface area (Å²) in [7, 11) is 3.62. The van der Waals surface area contributed by atoms with E-state index < -0.39 is 0 Å². The van der Waals surface area contributed by atoms with E-state index in [4.69, 9.17) is 23.2 Å². The van der Waals surface area contributed by atoms with Gasteiger partial charge >= 0.3 is 6.03 Å². The van der Waals surface area contributed by atoms with E-state index in [2.05, 4.69) is 15.3 Å². The SMILES string of the molecule is CNc1nc2c(c(-c3c(O)cc(Cl)cc3Cl)n1)CN(C(=O)N(C)C13CC(C1)C3)C2. The minimum absolute atomic E-state index is 0.00420. The van der Waals surface area contributed by atoms with Crippen LogP contribution in [0.1, 0.15) is 30.5 Å². The lowest BCUT2D eigenvalue weighted by Gasteiger charge is -2.65. The van der Waals surface area contributed by atoms with Crippen LogP contribution in [0.2, 0.25) is 10.0 Å². The van der Waals surface area contributed by atoms with E-state index in [0.29, 0.717) is 40.3 Å². The molecular formula is C20H21Cl2N5O2. The van der Waals surface area contributed by atoms with Crippen molar-refractivity contribution in [3.05, 3.63) is 33.4 Å². The summed E-state index contributed by atoms with van der Waals surface area (Å²) >= 11 is 12.4. The molecule has 29 heavy (non-hydrogen) atoms. The Morgan fingerprint density at radius 1 is 1.28 bits per heavy atom. The molecule has 0 unspecified atom stereocenters. The molecule has 3 saturated carbocycles. The number of urea groups is 1. The Kier molecular flexibility index (Phi) is 4.12. The quantitative estimate of drug-likeness (QED) is 0.760. The Morgan fingerprint density at radius 2 is 2.00 bits per heavy atom. The van der Waals surface area contributed by atoms with Crippen LogP contribution < -0.4 is 5.32 Å². The molecule has 4 aliphatic rings. The number of phenols is 1. The summed E-state index contributed by atoms with van der Waals surface area (Å²) in [4.78, 5) is 25.9. The number of halogens is 2. The van der Waals surface area contributed by atoms with E-state index in [9.17, 15) is 9.90 Å². The summed E-state index contributed by atoms with van der Waals surface area (Å²) in [5.41, 5.74) is 2.51. The van der Waals surface area contributed by atoms with Crippen molar-refractivity contribution in [3.8, 4) is 17.0 Å². The van der Waals surface area contributed by atoms with Gasteiger partial charge in [-0.1, -0.05) is 23.2 Å². The first-order chi connectivity index (χ1) is 13.8. The molecule has 2 amide bonds. The number of anilines is 1. The normalized spacial score (nSPS) is 23.9. The highest BCUT2D eigenvalue weighted by Crippen LogP contribution is 2.60. The molecule has 1 aromatic carbocycles. The lowest BCUT2D eigenvalue weighted by atomic mass is 9.49. The zero-order valence-electron chi connectivity index (χ0n) is 16.2. The highest BCUT2D eigenvalue weighted by Gasteiger charge is 2.60. The second-order valence-corrected chi connectivity index (χ2v) is 9.10. The molecule has 3 aliphatic carbocycles. The van der Waals surface area contributed by atoms with Crippen molar-refractivity contribution in [3.63, 3.8) is 0 Å². The summed E-state index contributed by atoms with van der Waals surface area (Å²) < 4.78 is 0. The molecule has 7 nitrogen and oxygen atoms in total. The van der Waals surface area contributed by atoms with Crippen molar-refractivity contribution < 1.29 is 9.90 Å². The molecule has 2 N–H and O–H groups in total. The van der Waals surface area contributed by atoms with Crippen LogP contribution in [0.25, 0.3) is 11.3 Å². The maximum absolute atomic E-state index is 13.2. The number of amides is 2. The Labute approximate surface area is 178 Å². The molecule has 6 rings (SSSR count). The van der Waals surface area contributed by atoms with E-state index in [1.807, 2.05) is 11.9 Å². The van der Waals surface area contributed by atoms with Crippen LogP contribution in [0, 0.1) is 5.92 Å². The monoisotopic (exact) mass is 433 g/mol. The molecule has 0 saturated heterocycles. The van der Waals surface area contributed by atoms with Crippen LogP contribution in [0.15, 0.2) is 12.1 Å². The van der Waals surface area contributed by atoms with E-state index in [0.717, 1.165) is 36.4 Å². The number of rotatable bonds is 3. The van der Waals surface area contributed by atoms with E-state index in [-0.39, 0.29) is 17.3 Å². The highest BCUT2D eigenvalue weighted by atomic mass is 35.5. The fourth-order valence-electron chi connectivity index (χ4n) is 4.76. The first kappa shape index (κ1) is 18.8. The van der Waals surface area contributed by atoms with Gasteiger partial charge in [-0.25, -0.2) is 14.8 Å². The average Bonchev–Trinajstić information content (AvgIpc) is 3.01. The molecule has 0 radical (unpaired) electrons. The van der Waals surface area contributed by atoms with Gasteiger partial charge in [0.15, 0.2) is 0 Å². The van der Waals surface area contributed by atoms with E-state index >= 15 is 0 Å². The minimum atomic E-state index is -0.0544. The fourth-order valence-corrected chi connectivity index (χ4v) is 5.33. The number of aromatic hydroxyl groups is 1.